The predicted octanol–water partition coefficient (Wildman–Crippen LogP) is 2.99. The van der Waals surface area contributed by atoms with E-state index in [1.807, 2.05) is 6.07 Å². The molecule has 1 aromatic rings. The van der Waals surface area contributed by atoms with Crippen LogP contribution in [0.3, 0.4) is 0 Å². The first-order chi connectivity index (χ1) is 10.6. The Hall–Kier alpha value is -1.13. The van der Waals surface area contributed by atoms with Gasteiger partial charge in [0.1, 0.15) is 5.82 Å². The molecule has 0 amide bonds. The summed E-state index contributed by atoms with van der Waals surface area (Å²) in [6.07, 6.45) is 4.70. The second-order valence-electron chi connectivity index (χ2n) is 6.90. The first kappa shape index (κ1) is 15.8. The van der Waals surface area contributed by atoms with Gasteiger partial charge in [0, 0.05) is 36.9 Å². The van der Waals surface area contributed by atoms with Gasteiger partial charge in [-0.15, -0.1) is 0 Å². The molecule has 22 heavy (non-hydrogen) atoms. The van der Waals surface area contributed by atoms with E-state index in [9.17, 15) is 4.39 Å². The van der Waals surface area contributed by atoms with Crippen molar-refractivity contribution in [3.63, 3.8) is 0 Å². The summed E-state index contributed by atoms with van der Waals surface area (Å²) in [5.74, 6) is 0.564. The van der Waals surface area contributed by atoms with Crippen molar-refractivity contribution in [1.29, 1.82) is 0 Å². The second-order valence-corrected chi connectivity index (χ2v) is 6.90. The maximum absolute atomic E-state index is 14.4. The molecule has 1 atom stereocenters. The summed E-state index contributed by atoms with van der Waals surface area (Å²) in [7, 11) is 0. The van der Waals surface area contributed by atoms with Gasteiger partial charge in [0.15, 0.2) is 0 Å². The molecule has 2 saturated heterocycles. The molecular weight excluding hydrogens is 277 g/mol. The Labute approximate surface area is 133 Å². The maximum atomic E-state index is 14.4. The van der Waals surface area contributed by atoms with Crippen molar-refractivity contribution in [3.05, 3.63) is 29.6 Å². The van der Waals surface area contributed by atoms with Crippen LogP contribution in [-0.4, -0.2) is 37.1 Å². The molecule has 2 fully saturated rings. The number of rotatable bonds is 4. The molecule has 2 N–H and O–H groups in total. The van der Waals surface area contributed by atoms with Crippen LogP contribution in [0.15, 0.2) is 18.2 Å². The summed E-state index contributed by atoms with van der Waals surface area (Å²) in [6.45, 7) is 7.00. The molecule has 122 valence electrons. The van der Waals surface area contributed by atoms with Crippen molar-refractivity contribution in [1.82, 2.24) is 4.90 Å². The van der Waals surface area contributed by atoms with Gasteiger partial charge in [-0.05, 0) is 63.7 Å². The van der Waals surface area contributed by atoms with Gasteiger partial charge in [0.2, 0.25) is 0 Å². The van der Waals surface area contributed by atoms with Gasteiger partial charge in [0.25, 0.3) is 0 Å². The van der Waals surface area contributed by atoms with E-state index in [0.717, 1.165) is 56.8 Å². The number of likely N-dealkylation sites (tertiary alicyclic amines) is 1. The fourth-order valence-electron chi connectivity index (χ4n) is 3.82. The van der Waals surface area contributed by atoms with E-state index in [1.54, 1.807) is 6.07 Å². The minimum absolute atomic E-state index is 0.0567. The summed E-state index contributed by atoms with van der Waals surface area (Å²) >= 11 is 0. The third-order valence-corrected chi connectivity index (χ3v) is 5.30. The highest BCUT2D eigenvalue weighted by molar-refractivity contribution is 5.54. The Kier molecular flexibility index (Phi) is 4.99. The van der Waals surface area contributed by atoms with Crippen LogP contribution in [-0.2, 0) is 6.54 Å². The Bertz CT molecular complexity index is 489. The van der Waals surface area contributed by atoms with Gasteiger partial charge in [-0.2, -0.15) is 0 Å². The van der Waals surface area contributed by atoms with Crippen molar-refractivity contribution in [2.75, 3.05) is 31.1 Å². The molecule has 0 spiro atoms. The van der Waals surface area contributed by atoms with E-state index in [2.05, 4.69) is 22.8 Å². The number of benzene rings is 1. The van der Waals surface area contributed by atoms with E-state index in [4.69, 9.17) is 5.73 Å². The topological polar surface area (TPSA) is 32.5 Å². The number of anilines is 1. The lowest BCUT2D eigenvalue weighted by molar-refractivity contribution is 0.164. The van der Waals surface area contributed by atoms with Crippen LogP contribution in [0.4, 0.5) is 10.1 Å². The maximum Gasteiger partial charge on any atom is 0.129 e. The van der Waals surface area contributed by atoms with Gasteiger partial charge < -0.3 is 10.6 Å². The van der Waals surface area contributed by atoms with E-state index < -0.39 is 0 Å². The van der Waals surface area contributed by atoms with Crippen LogP contribution >= 0.6 is 0 Å². The third-order valence-electron chi connectivity index (χ3n) is 5.30. The summed E-state index contributed by atoms with van der Waals surface area (Å²) in [5.41, 5.74) is 7.99. The Balaban J connectivity index is 1.70. The van der Waals surface area contributed by atoms with Gasteiger partial charge in [-0.25, -0.2) is 4.39 Å². The highest BCUT2D eigenvalue weighted by Crippen LogP contribution is 2.29. The lowest BCUT2D eigenvalue weighted by atomic mass is 9.90. The molecule has 3 rings (SSSR count). The van der Waals surface area contributed by atoms with E-state index in [0.29, 0.717) is 5.92 Å². The molecule has 0 unspecified atom stereocenters. The first-order valence-electron chi connectivity index (χ1n) is 8.65. The molecule has 0 radical (unpaired) electrons. The van der Waals surface area contributed by atoms with Crippen LogP contribution in [0.2, 0.25) is 0 Å². The number of halogens is 1. The van der Waals surface area contributed by atoms with E-state index in [1.165, 1.54) is 12.8 Å². The van der Waals surface area contributed by atoms with E-state index >= 15 is 0 Å². The lowest BCUT2D eigenvalue weighted by Crippen LogP contribution is -2.39. The molecule has 2 heterocycles. The van der Waals surface area contributed by atoms with Crippen LogP contribution < -0.4 is 10.6 Å². The largest absolute Gasteiger partial charge is 0.371 e. The van der Waals surface area contributed by atoms with Crippen molar-refractivity contribution < 1.29 is 4.39 Å². The van der Waals surface area contributed by atoms with Crippen LogP contribution in [0.25, 0.3) is 0 Å². The van der Waals surface area contributed by atoms with Crippen molar-refractivity contribution in [2.45, 2.75) is 45.2 Å². The SMILES string of the molecule is C[C@@H](N)C1CCN(Cc2c(F)cccc2N2CCCC2)CC1. The molecular formula is C18H28FN3. The lowest BCUT2D eigenvalue weighted by Gasteiger charge is -2.34. The second kappa shape index (κ2) is 6.97. The van der Waals surface area contributed by atoms with E-state index in [-0.39, 0.29) is 11.9 Å². The smallest absolute Gasteiger partial charge is 0.129 e. The van der Waals surface area contributed by atoms with Crippen molar-refractivity contribution in [2.24, 2.45) is 11.7 Å². The number of piperidine rings is 1. The summed E-state index contributed by atoms with van der Waals surface area (Å²) in [6, 6.07) is 5.80. The fourth-order valence-corrected chi connectivity index (χ4v) is 3.82. The van der Waals surface area contributed by atoms with Gasteiger partial charge in [0.05, 0.1) is 0 Å². The quantitative estimate of drug-likeness (QED) is 0.928. The highest BCUT2D eigenvalue weighted by Gasteiger charge is 2.24. The molecule has 1 aromatic carbocycles. The summed E-state index contributed by atoms with van der Waals surface area (Å²) in [4.78, 5) is 4.73. The van der Waals surface area contributed by atoms with Crippen molar-refractivity contribution in [3.8, 4) is 0 Å². The highest BCUT2D eigenvalue weighted by atomic mass is 19.1. The summed E-state index contributed by atoms with van der Waals surface area (Å²) in [5, 5.41) is 0. The third kappa shape index (κ3) is 3.44. The molecule has 3 nitrogen and oxygen atoms in total. The molecule has 0 aromatic heterocycles. The van der Waals surface area contributed by atoms with Gasteiger partial charge in [-0.1, -0.05) is 6.07 Å². The molecule has 2 aliphatic heterocycles. The van der Waals surface area contributed by atoms with Crippen molar-refractivity contribution >= 4 is 5.69 Å². The van der Waals surface area contributed by atoms with Crippen LogP contribution in [0.1, 0.15) is 38.2 Å². The van der Waals surface area contributed by atoms with Crippen LogP contribution in [0.5, 0.6) is 0 Å². The number of nitrogens with two attached hydrogens (primary N) is 1. The normalized spacial score (nSPS) is 22.2. The molecule has 4 heteroatoms. The zero-order chi connectivity index (χ0) is 15.5. The predicted molar refractivity (Wildman–Crippen MR) is 89.5 cm³/mol. The fraction of sp³-hybridized carbons (Fsp3) is 0.667. The molecule has 0 bridgehead atoms. The minimum atomic E-state index is -0.0567. The standard InChI is InChI=1S/C18H28FN3/c1-14(20)15-7-11-21(12-8-15)13-16-17(19)5-4-6-18(16)22-9-2-3-10-22/h4-6,14-15H,2-3,7-13,20H2,1H3/t14-/m1/s1. The molecule has 0 aliphatic carbocycles. The van der Waals surface area contributed by atoms with Gasteiger partial charge >= 0.3 is 0 Å². The molecule has 2 aliphatic rings. The number of hydrogen-bond donors (Lipinski definition) is 1. The monoisotopic (exact) mass is 305 g/mol. The average molecular weight is 305 g/mol. The van der Waals surface area contributed by atoms with Gasteiger partial charge in [-0.3, -0.25) is 4.90 Å². The zero-order valence-electron chi connectivity index (χ0n) is 13.6. The Morgan fingerprint density at radius 2 is 1.86 bits per heavy atom. The van der Waals surface area contributed by atoms with Crippen LogP contribution in [0, 0.1) is 11.7 Å². The minimum Gasteiger partial charge on any atom is -0.371 e. The average Bonchev–Trinajstić information content (AvgIpc) is 3.04. The number of nitrogens with zero attached hydrogens (tertiary/aromatic N) is 2. The molecule has 0 saturated carbocycles. The Morgan fingerprint density at radius 3 is 2.50 bits per heavy atom. The first-order valence-corrected chi connectivity index (χ1v) is 8.65. The summed E-state index contributed by atoms with van der Waals surface area (Å²) < 4.78 is 14.4. The zero-order valence-corrected chi connectivity index (χ0v) is 13.6. The Morgan fingerprint density at radius 1 is 1.18 bits per heavy atom. The number of hydrogen-bond acceptors (Lipinski definition) is 3.